The summed E-state index contributed by atoms with van der Waals surface area (Å²) in [6.07, 6.45) is 1.08. The number of hydrazone groups is 1. The summed E-state index contributed by atoms with van der Waals surface area (Å²) in [5.41, 5.74) is 7.47. The lowest BCUT2D eigenvalue weighted by molar-refractivity contribution is -0.634. The molecule has 0 aliphatic rings. The lowest BCUT2D eigenvalue weighted by Gasteiger charge is -2.08. The molecule has 0 unspecified atom stereocenters. The molecule has 98 valence electrons. The minimum atomic E-state index is -0.859. The molecule has 0 fully saturated rings. The first-order valence-electron chi connectivity index (χ1n) is 5.35. The lowest BCUT2D eigenvalue weighted by atomic mass is 10.2. The zero-order chi connectivity index (χ0) is 14.0. The standard InChI is InChI=1S/C11H11N5O3/c1-7-10(6-13-14-11(12)17)16(19)9-5-3-2-4-8(9)15(7)18/h2-6H,1H3,(H3,12,14,17)/b13-6+. The summed E-state index contributed by atoms with van der Waals surface area (Å²) < 4.78 is 1.21. The van der Waals surface area contributed by atoms with Gasteiger partial charge in [0.1, 0.15) is 6.21 Å². The van der Waals surface area contributed by atoms with Crippen LogP contribution in [-0.2, 0) is 0 Å². The van der Waals surface area contributed by atoms with E-state index in [0.29, 0.717) is 9.46 Å². The Morgan fingerprint density at radius 1 is 1.32 bits per heavy atom. The van der Waals surface area contributed by atoms with Gasteiger partial charge in [-0.25, -0.2) is 10.2 Å². The fraction of sp³-hybridized carbons (Fsp3) is 0.0909. The van der Waals surface area contributed by atoms with E-state index in [2.05, 4.69) is 5.10 Å². The van der Waals surface area contributed by atoms with E-state index in [1.807, 2.05) is 5.43 Å². The average Bonchev–Trinajstić information content (AvgIpc) is 2.40. The van der Waals surface area contributed by atoms with Crippen LogP contribution < -0.4 is 20.6 Å². The molecule has 2 rings (SSSR count). The van der Waals surface area contributed by atoms with Gasteiger partial charge < -0.3 is 16.1 Å². The van der Waals surface area contributed by atoms with E-state index >= 15 is 0 Å². The Morgan fingerprint density at radius 2 is 1.89 bits per heavy atom. The average molecular weight is 261 g/mol. The van der Waals surface area contributed by atoms with E-state index < -0.39 is 6.03 Å². The summed E-state index contributed by atoms with van der Waals surface area (Å²) in [5, 5.41) is 27.6. The molecular weight excluding hydrogens is 250 g/mol. The van der Waals surface area contributed by atoms with Crippen molar-refractivity contribution in [3.05, 3.63) is 46.1 Å². The van der Waals surface area contributed by atoms with Crippen molar-refractivity contribution in [2.24, 2.45) is 10.8 Å². The molecule has 0 bridgehead atoms. The lowest BCUT2D eigenvalue weighted by Crippen LogP contribution is -2.45. The summed E-state index contributed by atoms with van der Waals surface area (Å²) in [7, 11) is 0. The van der Waals surface area contributed by atoms with Gasteiger partial charge in [0.15, 0.2) is 0 Å². The van der Waals surface area contributed by atoms with Gasteiger partial charge in [0, 0.05) is 19.1 Å². The van der Waals surface area contributed by atoms with Crippen molar-refractivity contribution in [1.29, 1.82) is 0 Å². The van der Waals surface area contributed by atoms with Crippen molar-refractivity contribution >= 4 is 23.3 Å². The Kier molecular flexibility index (Phi) is 3.15. The first-order chi connectivity index (χ1) is 9.02. The number of para-hydroxylation sites is 2. The number of hydrogen-bond acceptors (Lipinski definition) is 4. The molecule has 0 atom stereocenters. The zero-order valence-electron chi connectivity index (χ0n) is 10.0. The third-order valence-corrected chi connectivity index (χ3v) is 2.58. The van der Waals surface area contributed by atoms with Crippen LogP contribution in [0, 0.1) is 17.3 Å². The van der Waals surface area contributed by atoms with Gasteiger partial charge >= 0.3 is 11.7 Å². The van der Waals surface area contributed by atoms with E-state index in [9.17, 15) is 15.2 Å². The van der Waals surface area contributed by atoms with Crippen molar-refractivity contribution in [3.8, 4) is 0 Å². The van der Waals surface area contributed by atoms with Crippen LogP contribution in [0.5, 0.6) is 0 Å². The van der Waals surface area contributed by atoms with Gasteiger partial charge in [0.25, 0.3) is 16.7 Å². The quantitative estimate of drug-likeness (QED) is 0.325. The highest BCUT2D eigenvalue weighted by Crippen LogP contribution is 2.07. The van der Waals surface area contributed by atoms with Crippen molar-refractivity contribution in [1.82, 2.24) is 5.43 Å². The number of rotatable bonds is 2. The minimum absolute atomic E-state index is 0.0300. The minimum Gasteiger partial charge on any atom is -0.618 e. The van der Waals surface area contributed by atoms with Gasteiger partial charge in [-0.2, -0.15) is 14.6 Å². The monoisotopic (exact) mass is 261 g/mol. The zero-order valence-corrected chi connectivity index (χ0v) is 10.0. The van der Waals surface area contributed by atoms with Crippen LogP contribution in [-0.4, -0.2) is 12.2 Å². The fourth-order valence-corrected chi connectivity index (χ4v) is 1.67. The van der Waals surface area contributed by atoms with Crippen LogP contribution in [0.2, 0.25) is 0 Å². The fourth-order valence-electron chi connectivity index (χ4n) is 1.67. The number of nitrogens with two attached hydrogens (primary N) is 1. The third-order valence-electron chi connectivity index (χ3n) is 2.58. The summed E-state index contributed by atoms with van der Waals surface area (Å²) in [6.45, 7) is 1.49. The van der Waals surface area contributed by atoms with Crippen molar-refractivity contribution < 1.29 is 14.3 Å². The number of nitrogens with zero attached hydrogens (tertiary/aromatic N) is 3. The number of fused-ring (bicyclic) bond motifs is 1. The molecule has 0 spiro atoms. The summed E-state index contributed by atoms with van der Waals surface area (Å²) in [4.78, 5) is 10.5. The van der Waals surface area contributed by atoms with Crippen molar-refractivity contribution in [2.75, 3.05) is 0 Å². The Hall–Kier alpha value is -2.90. The largest absolute Gasteiger partial charge is 0.618 e. The van der Waals surface area contributed by atoms with E-state index in [-0.39, 0.29) is 22.4 Å². The third kappa shape index (κ3) is 2.23. The normalized spacial score (nSPS) is 11.0. The summed E-state index contributed by atoms with van der Waals surface area (Å²) in [6, 6.07) is 5.52. The maximum atomic E-state index is 12.1. The molecule has 3 N–H and O–H groups in total. The smallest absolute Gasteiger partial charge is 0.332 e. The number of nitrogens with one attached hydrogen (secondary N) is 1. The molecule has 8 nitrogen and oxygen atoms in total. The molecule has 2 amide bonds. The Balaban J connectivity index is 2.61. The number of hydrogen-bond donors (Lipinski definition) is 2. The predicted octanol–water partition coefficient (Wildman–Crippen LogP) is -0.583. The van der Waals surface area contributed by atoms with Crippen LogP contribution in [0.1, 0.15) is 11.4 Å². The van der Waals surface area contributed by atoms with Gasteiger partial charge in [0.05, 0.1) is 0 Å². The van der Waals surface area contributed by atoms with Crippen LogP contribution >= 0.6 is 0 Å². The predicted molar refractivity (Wildman–Crippen MR) is 66.9 cm³/mol. The number of benzene rings is 1. The summed E-state index contributed by atoms with van der Waals surface area (Å²) >= 11 is 0. The Labute approximate surface area is 107 Å². The highest BCUT2D eigenvalue weighted by atomic mass is 16.5. The van der Waals surface area contributed by atoms with E-state index in [4.69, 9.17) is 5.73 Å². The molecule has 0 aliphatic heterocycles. The molecule has 8 heteroatoms. The highest BCUT2D eigenvalue weighted by Gasteiger charge is 2.22. The topological polar surface area (TPSA) is 121 Å². The molecule has 1 aromatic heterocycles. The molecule has 0 aliphatic carbocycles. The summed E-state index contributed by atoms with van der Waals surface area (Å²) in [5.74, 6) is 0. The Bertz CT molecular complexity index is 684. The van der Waals surface area contributed by atoms with Gasteiger partial charge in [-0.1, -0.05) is 12.1 Å². The molecule has 0 radical (unpaired) electrons. The molecule has 1 aromatic carbocycles. The highest BCUT2D eigenvalue weighted by molar-refractivity contribution is 5.80. The van der Waals surface area contributed by atoms with Gasteiger partial charge in [-0.3, -0.25) is 0 Å². The Morgan fingerprint density at radius 3 is 2.47 bits per heavy atom. The van der Waals surface area contributed by atoms with Crippen molar-refractivity contribution in [2.45, 2.75) is 6.92 Å². The van der Waals surface area contributed by atoms with Gasteiger partial charge in [-0.05, 0) is 0 Å². The van der Waals surface area contributed by atoms with Crippen LogP contribution in [0.4, 0.5) is 4.79 Å². The molecule has 2 aromatic rings. The SMILES string of the molecule is Cc1c(/C=N/NC(N)=O)[n+]([O-])c2ccccc2[n+]1[O-]. The second kappa shape index (κ2) is 4.77. The van der Waals surface area contributed by atoms with Crippen LogP contribution in [0.25, 0.3) is 11.0 Å². The molecule has 0 saturated carbocycles. The number of urea groups is 1. The van der Waals surface area contributed by atoms with Crippen molar-refractivity contribution in [3.63, 3.8) is 0 Å². The number of primary amides is 1. The number of carbonyl (C=O) groups excluding carboxylic acids is 1. The molecule has 19 heavy (non-hydrogen) atoms. The maximum absolute atomic E-state index is 12.1. The molecule has 1 heterocycles. The van der Waals surface area contributed by atoms with Gasteiger partial charge in [-0.15, -0.1) is 0 Å². The number of carbonyl (C=O) groups is 1. The van der Waals surface area contributed by atoms with Crippen LogP contribution in [0.3, 0.4) is 0 Å². The van der Waals surface area contributed by atoms with Crippen LogP contribution in [0.15, 0.2) is 29.4 Å². The second-order valence-electron chi connectivity index (χ2n) is 3.78. The van der Waals surface area contributed by atoms with E-state index in [1.165, 1.54) is 13.0 Å². The van der Waals surface area contributed by atoms with E-state index in [0.717, 1.165) is 6.21 Å². The van der Waals surface area contributed by atoms with Gasteiger partial charge in [0.2, 0.25) is 0 Å². The first kappa shape index (κ1) is 12.6. The number of amides is 2. The first-order valence-corrected chi connectivity index (χ1v) is 5.35. The number of aromatic nitrogens is 2. The molecule has 0 saturated heterocycles. The molecular formula is C11H11N5O3. The second-order valence-corrected chi connectivity index (χ2v) is 3.78. The maximum Gasteiger partial charge on any atom is 0.332 e. The van der Waals surface area contributed by atoms with E-state index in [1.54, 1.807) is 18.2 Å².